The van der Waals surface area contributed by atoms with Gasteiger partial charge >= 0.3 is 5.97 Å². The molecule has 6 heteroatoms. The summed E-state index contributed by atoms with van der Waals surface area (Å²) in [5, 5.41) is 9.36. The van der Waals surface area contributed by atoms with Gasteiger partial charge in [0.1, 0.15) is 11.6 Å². The summed E-state index contributed by atoms with van der Waals surface area (Å²) in [5.74, 6) is 0.270. The summed E-state index contributed by atoms with van der Waals surface area (Å²) in [6.07, 6.45) is 1.41. The van der Waals surface area contributed by atoms with Crippen LogP contribution in [0.25, 0.3) is 11.4 Å². The smallest absolute Gasteiger partial charge is 0.356 e. The van der Waals surface area contributed by atoms with Crippen LogP contribution in [0.3, 0.4) is 0 Å². The molecule has 0 bridgehead atoms. The van der Waals surface area contributed by atoms with Gasteiger partial charge in [-0.2, -0.15) is 0 Å². The molecule has 1 aliphatic rings. The Morgan fingerprint density at radius 1 is 1.48 bits per heavy atom. The van der Waals surface area contributed by atoms with E-state index >= 15 is 0 Å². The first-order chi connectivity index (χ1) is 10.1. The number of nitrogens with zero attached hydrogens (tertiary/aromatic N) is 2. The van der Waals surface area contributed by atoms with Crippen LogP contribution in [0.4, 0.5) is 0 Å². The zero-order chi connectivity index (χ0) is 15.0. The number of rotatable bonds is 3. The molecule has 1 aromatic heterocycles. The third-order valence-electron chi connectivity index (χ3n) is 3.79. The molecule has 0 aliphatic carbocycles. The van der Waals surface area contributed by atoms with Crippen LogP contribution in [0.2, 0.25) is 0 Å². The molecule has 1 atom stereocenters. The quantitative estimate of drug-likeness (QED) is 0.893. The number of nitrogens with two attached hydrogens (primary N) is 1. The summed E-state index contributed by atoms with van der Waals surface area (Å²) in [6.45, 7) is 0.572. The highest BCUT2D eigenvalue weighted by Gasteiger charge is 2.28. The van der Waals surface area contributed by atoms with Crippen molar-refractivity contribution in [3.05, 3.63) is 35.7 Å². The van der Waals surface area contributed by atoms with Gasteiger partial charge < -0.3 is 20.1 Å². The van der Waals surface area contributed by atoms with E-state index in [1.54, 1.807) is 7.11 Å². The number of carboxylic acid groups (broad SMARTS) is 1. The molecule has 1 aliphatic heterocycles. The van der Waals surface area contributed by atoms with Gasteiger partial charge in [0.25, 0.3) is 0 Å². The lowest BCUT2D eigenvalue weighted by atomic mass is 10.0. The second-order valence-corrected chi connectivity index (χ2v) is 5.15. The minimum atomic E-state index is -1.00. The summed E-state index contributed by atoms with van der Waals surface area (Å²) < 4.78 is 7.27. The van der Waals surface area contributed by atoms with Gasteiger partial charge in [-0.1, -0.05) is 12.1 Å². The van der Waals surface area contributed by atoms with Crippen molar-refractivity contribution in [2.24, 2.45) is 5.73 Å². The van der Waals surface area contributed by atoms with Crippen molar-refractivity contribution in [1.82, 2.24) is 9.55 Å². The van der Waals surface area contributed by atoms with Crippen molar-refractivity contribution in [3.8, 4) is 17.1 Å². The van der Waals surface area contributed by atoms with Crippen molar-refractivity contribution in [3.63, 3.8) is 0 Å². The number of methoxy groups -OCH3 is 1. The van der Waals surface area contributed by atoms with Gasteiger partial charge in [-0.3, -0.25) is 0 Å². The van der Waals surface area contributed by atoms with Crippen LogP contribution in [-0.2, 0) is 13.0 Å². The van der Waals surface area contributed by atoms with Crippen molar-refractivity contribution >= 4 is 5.97 Å². The van der Waals surface area contributed by atoms with Gasteiger partial charge in [-0.05, 0) is 25.0 Å². The highest BCUT2D eigenvalue weighted by molar-refractivity contribution is 5.88. The number of para-hydroxylation sites is 1. The summed E-state index contributed by atoms with van der Waals surface area (Å²) in [7, 11) is 1.59. The molecular formula is C15H17N3O3. The average molecular weight is 287 g/mol. The summed E-state index contributed by atoms with van der Waals surface area (Å²) in [5.41, 5.74) is 7.66. The largest absolute Gasteiger partial charge is 0.496 e. The Labute approximate surface area is 122 Å². The van der Waals surface area contributed by atoms with Gasteiger partial charge in [0.05, 0.1) is 18.4 Å². The van der Waals surface area contributed by atoms with Crippen molar-refractivity contribution < 1.29 is 14.6 Å². The average Bonchev–Trinajstić information content (AvgIpc) is 2.85. The van der Waals surface area contributed by atoms with E-state index in [4.69, 9.17) is 10.5 Å². The number of aromatic carboxylic acids is 1. The minimum absolute atomic E-state index is 0.0156. The fourth-order valence-corrected chi connectivity index (χ4v) is 2.79. The molecule has 21 heavy (non-hydrogen) atoms. The highest BCUT2D eigenvalue weighted by Crippen LogP contribution is 2.32. The molecule has 2 heterocycles. The van der Waals surface area contributed by atoms with Gasteiger partial charge in [0.2, 0.25) is 0 Å². The highest BCUT2D eigenvalue weighted by atomic mass is 16.5. The first-order valence-electron chi connectivity index (χ1n) is 6.83. The topological polar surface area (TPSA) is 90.4 Å². The fraction of sp³-hybridized carbons (Fsp3) is 0.333. The van der Waals surface area contributed by atoms with Gasteiger partial charge in [-0.15, -0.1) is 0 Å². The molecule has 1 aromatic carbocycles. The van der Waals surface area contributed by atoms with Crippen molar-refractivity contribution in [2.45, 2.75) is 25.4 Å². The number of benzene rings is 1. The van der Waals surface area contributed by atoms with Crippen LogP contribution in [-0.4, -0.2) is 33.8 Å². The standard InChI is InChI=1S/C15H17N3O3/c1-21-12-5-3-2-4-10(12)14-17-13(15(19)20)11-7-6-9(16)8-18(11)14/h2-5,9H,6-8,16H2,1H3,(H,19,20). The maximum atomic E-state index is 11.4. The van der Waals surface area contributed by atoms with E-state index in [1.807, 2.05) is 28.8 Å². The number of carboxylic acids is 1. The Morgan fingerprint density at radius 2 is 2.24 bits per heavy atom. The van der Waals surface area contributed by atoms with Crippen molar-refractivity contribution in [1.29, 1.82) is 0 Å². The molecule has 0 radical (unpaired) electrons. The van der Waals surface area contributed by atoms with Gasteiger partial charge in [-0.25, -0.2) is 9.78 Å². The first kappa shape index (κ1) is 13.6. The molecular weight excluding hydrogens is 270 g/mol. The second kappa shape index (κ2) is 5.21. The molecule has 6 nitrogen and oxygen atoms in total. The Morgan fingerprint density at radius 3 is 2.95 bits per heavy atom. The Balaban J connectivity index is 2.21. The normalized spacial score (nSPS) is 17.3. The van der Waals surface area contributed by atoms with Crippen LogP contribution < -0.4 is 10.5 Å². The molecule has 0 fully saturated rings. The second-order valence-electron chi connectivity index (χ2n) is 5.15. The molecule has 3 rings (SSSR count). The monoisotopic (exact) mass is 287 g/mol. The number of aromatic nitrogens is 2. The molecule has 3 N–H and O–H groups in total. The number of fused-ring (bicyclic) bond motifs is 1. The van der Waals surface area contributed by atoms with E-state index in [2.05, 4.69) is 4.98 Å². The first-order valence-corrected chi connectivity index (χ1v) is 6.83. The van der Waals surface area contributed by atoms with Crippen LogP contribution >= 0.6 is 0 Å². The molecule has 2 aromatic rings. The molecule has 1 unspecified atom stereocenters. The number of ether oxygens (including phenoxy) is 1. The zero-order valence-electron chi connectivity index (χ0n) is 11.7. The predicted octanol–water partition coefficient (Wildman–Crippen LogP) is 1.53. The zero-order valence-corrected chi connectivity index (χ0v) is 11.7. The number of hydrogen-bond acceptors (Lipinski definition) is 4. The van der Waals surface area contributed by atoms with E-state index < -0.39 is 5.97 Å². The van der Waals surface area contributed by atoms with Gasteiger partial charge in [0, 0.05) is 12.6 Å². The summed E-state index contributed by atoms with van der Waals surface area (Å²) >= 11 is 0. The maximum absolute atomic E-state index is 11.4. The Hall–Kier alpha value is -2.34. The molecule has 0 saturated carbocycles. The van der Waals surface area contributed by atoms with Gasteiger partial charge in [0.15, 0.2) is 5.69 Å². The van der Waals surface area contributed by atoms with E-state index in [-0.39, 0.29) is 11.7 Å². The molecule has 0 spiro atoms. The van der Waals surface area contributed by atoms with Crippen LogP contribution in [0.1, 0.15) is 22.6 Å². The molecule has 0 saturated heterocycles. The third kappa shape index (κ3) is 2.27. The van der Waals surface area contributed by atoms with E-state index in [1.165, 1.54) is 0 Å². The number of carbonyl (C=O) groups is 1. The maximum Gasteiger partial charge on any atom is 0.356 e. The van der Waals surface area contributed by atoms with E-state index in [0.717, 1.165) is 17.7 Å². The third-order valence-corrected chi connectivity index (χ3v) is 3.79. The van der Waals surface area contributed by atoms with Crippen LogP contribution in [0, 0.1) is 0 Å². The summed E-state index contributed by atoms with van der Waals surface area (Å²) in [4.78, 5) is 15.7. The molecule has 0 amide bonds. The Bertz CT molecular complexity index is 693. The summed E-state index contributed by atoms with van der Waals surface area (Å²) in [6, 6.07) is 7.47. The van der Waals surface area contributed by atoms with Crippen LogP contribution in [0.5, 0.6) is 5.75 Å². The lowest BCUT2D eigenvalue weighted by molar-refractivity contribution is 0.0689. The number of hydrogen-bond donors (Lipinski definition) is 2. The number of imidazole rings is 1. The van der Waals surface area contributed by atoms with E-state index in [9.17, 15) is 9.90 Å². The minimum Gasteiger partial charge on any atom is -0.496 e. The van der Waals surface area contributed by atoms with E-state index in [0.29, 0.717) is 24.5 Å². The van der Waals surface area contributed by atoms with Crippen LogP contribution in [0.15, 0.2) is 24.3 Å². The fourth-order valence-electron chi connectivity index (χ4n) is 2.79. The van der Waals surface area contributed by atoms with Crippen molar-refractivity contribution in [2.75, 3.05) is 7.11 Å². The lowest BCUT2D eigenvalue weighted by Gasteiger charge is -2.23. The Kier molecular flexibility index (Phi) is 3.39. The molecule has 110 valence electrons. The lowest BCUT2D eigenvalue weighted by Crippen LogP contribution is -2.32. The SMILES string of the molecule is COc1ccccc1-c1nc(C(=O)O)c2n1CC(N)CC2. The predicted molar refractivity (Wildman–Crippen MR) is 77.5 cm³/mol.